The number of unbranched alkanes of at least 4 members (excludes halogenated alkanes) is 3. The van der Waals surface area contributed by atoms with Crippen molar-refractivity contribution in [1.82, 2.24) is 0 Å². The minimum Gasteiger partial charge on any atom is -0.493 e. The van der Waals surface area contributed by atoms with Gasteiger partial charge >= 0.3 is 0 Å². The van der Waals surface area contributed by atoms with E-state index in [1.54, 1.807) is 0 Å². The minimum absolute atomic E-state index is 0.761. The van der Waals surface area contributed by atoms with E-state index in [-0.39, 0.29) is 0 Å². The van der Waals surface area contributed by atoms with Gasteiger partial charge in [0.25, 0.3) is 0 Å². The van der Waals surface area contributed by atoms with Crippen LogP contribution in [0.5, 0.6) is 5.75 Å². The Morgan fingerprint density at radius 1 is 0.750 bits per heavy atom. The van der Waals surface area contributed by atoms with Crippen molar-refractivity contribution in [2.75, 3.05) is 12.5 Å². The van der Waals surface area contributed by atoms with Crippen LogP contribution in [0.3, 0.4) is 0 Å². The second-order valence-electron chi connectivity index (χ2n) is 6.60. The van der Waals surface area contributed by atoms with Gasteiger partial charge in [-0.1, -0.05) is 37.1 Å². The van der Waals surface area contributed by atoms with Crippen LogP contribution in [-0.2, 0) is 0 Å². The van der Waals surface area contributed by atoms with Gasteiger partial charge in [-0.25, -0.2) is 0 Å². The molecule has 1 nitrogen and oxygen atoms in total. The number of rotatable bonds is 8. The fourth-order valence-corrected chi connectivity index (χ4v) is 3.50. The predicted octanol–water partition coefficient (Wildman–Crippen LogP) is 6.77. The fraction of sp³-hybridized carbons (Fsp3) is 0.455. The third-order valence-electron chi connectivity index (χ3n) is 4.64. The van der Waals surface area contributed by atoms with Crippen LogP contribution in [0.15, 0.2) is 30.3 Å². The van der Waals surface area contributed by atoms with Gasteiger partial charge in [-0.05, 0) is 80.0 Å². The summed E-state index contributed by atoms with van der Waals surface area (Å²) < 4.78 is 6.08. The largest absolute Gasteiger partial charge is 0.493 e. The van der Waals surface area contributed by atoms with Gasteiger partial charge in [-0.15, -0.1) is 11.6 Å². The lowest BCUT2D eigenvalue weighted by Crippen LogP contribution is -2.02. The lowest BCUT2D eigenvalue weighted by molar-refractivity contribution is 0.303. The Kier molecular flexibility index (Phi) is 7.17. The van der Waals surface area contributed by atoms with E-state index in [9.17, 15) is 0 Å². The summed E-state index contributed by atoms with van der Waals surface area (Å²) >= 11 is 5.72. The van der Waals surface area contributed by atoms with E-state index in [1.165, 1.54) is 46.2 Å². The zero-order chi connectivity index (χ0) is 17.5. The van der Waals surface area contributed by atoms with E-state index in [0.29, 0.717) is 0 Å². The van der Waals surface area contributed by atoms with Crippen molar-refractivity contribution >= 4 is 11.6 Å². The van der Waals surface area contributed by atoms with E-state index in [4.69, 9.17) is 16.3 Å². The highest BCUT2D eigenvalue weighted by Crippen LogP contribution is 2.36. The molecule has 0 atom stereocenters. The third-order valence-corrected chi connectivity index (χ3v) is 4.91. The second kappa shape index (κ2) is 9.13. The fourth-order valence-electron chi connectivity index (χ4n) is 3.31. The SMILES string of the molecule is Cc1cccc(C)c1-c1c(C)ccc(OCCCCCCCl)c1C. The number of alkyl halides is 1. The highest BCUT2D eigenvalue weighted by atomic mass is 35.5. The monoisotopic (exact) mass is 344 g/mol. The standard InChI is InChI=1S/C22H29ClO/c1-16-10-9-11-17(2)21(16)22-18(3)12-13-20(19(22)4)24-15-8-6-5-7-14-23/h9-13H,5-8,14-15H2,1-4H3. The Hall–Kier alpha value is -1.47. The van der Waals surface area contributed by atoms with Gasteiger partial charge in [0, 0.05) is 5.88 Å². The Morgan fingerprint density at radius 3 is 2.04 bits per heavy atom. The zero-order valence-electron chi connectivity index (χ0n) is 15.4. The van der Waals surface area contributed by atoms with E-state index >= 15 is 0 Å². The first-order chi connectivity index (χ1) is 11.6. The van der Waals surface area contributed by atoms with Crippen LogP contribution in [-0.4, -0.2) is 12.5 Å². The molecule has 24 heavy (non-hydrogen) atoms. The third kappa shape index (κ3) is 4.54. The molecule has 0 heterocycles. The summed E-state index contributed by atoms with van der Waals surface area (Å²) in [4.78, 5) is 0. The molecule has 0 radical (unpaired) electrons. The highest BCUT2D eigenvalue weighted by Gasteiger charge is 2.14. The van der Waals surface area contributed by atoms with Crippen LogP contribution < -0.4 is 4.74 Å². The van der Waals surface area contributed by atoms with Crippen molar-refractivity contribution in [1.29, 1.82) is 0 Å². The number of ether oxygens (including phenoxy) is 1. The smallest absolute Gasteiger partial charge is 0.122 e. The van der Waals surface area contributed by atoms with Crippen LogP contribution in [0.25, 0.3) is 11.1 Å². The summed E-state index contributed by atoms with van der Waals surface area (Å²) in [7, 11) is 0. The van der Waals surface area contributed by atoms with Crippen LogP contribution in [0.4, 0.5) is 0 Å². The Balaban J connectivity index is 2.19. The first-order valence-electron chi connectivity index (χ1n) is 8.91. The van der Waals surface area contributed by atoms with E-state index < -0.39 is 0 Å². The van der Waals surface area contributed by atoms with Gasteiger partial charge in [-0.2, -0.15) is 0 Å². The lowest BCUT2D eigenvalue weighted by Gasteiger charge is -2.18. The molecule has 0 spiro atoms. The summed E-state index contributed by atoms with van der Waals surface area (Å²) in [6.45, 7) is 9.51. The van der Waals surface area contributed by atoms with Gasteiger partial charge in [0.1, 0.15) is 5.75 Å². The summed E-state index contributed by atoms with van der Waals surface area (Å²) in [5, 5.41) is 0. The molecule has 0 bridgehead atoms. The van der Waals surface area contributed by atoms with Crippen molar-refractivity contribution in [3.05, 3.63) is 52.6 Å². The molecule has 130 valence electrons. The van der Waals surface area contributed by atoms with E-state index in [0.717, 1.165) is 31.1 Å². The van der Waals surface area contributed by atoms with Crippen LogP contribution in [0.2, 0.25) is 0 Å². The van der Waals surface area contributed by atoms with Gasteiger partial charge in [0.2, 0.25) is 0 Å². The Bertz CT molecular complexity index is 656. The maximum atomic E-state index is 6.08. The van der Waals surface area contributed by atoms with Crippen molar-refractivity contribution in [2.45, 2.75) is 53.4 Å². The lowest BCUT2D eigenvalue weighted by atomic mass is 9.89. The van der Waals surface area contributed by atoms with Crippen molar-refractivity contribution < 1.29 is 4.74 Å². The van der Waals surface area contributed by atoms with Crippen molar-refractivity contribution in [3.8, 4) is 16.9 Å². The first-order valence-corrected chi connectivity index (χ1v) is 9.45. The molecule has 0 aliphatic carbocycles. The normalized spacial score (nSPS) is 10.9. The number of hydrogen-bond acceptors (Lipinski definition) is 1. The maximum absolute atomic E-state index is 6.08. The topological polar surface area (TPSA) is 9.23 Å². The van der Waals surface area contributed by atoms with Gasteiger partial charge in [0.05, 0.1) is 6.61 Å². The van der Waals surface area contributed by atoms with Gasteiger partial charge < -0.3 is 4.74 Å². The molecule has 2 rings (SSSR count). The molecule has 0 unspecified atom stereocenters. The van der Waals surface area contributed by atoms with Crippen LogP contribution in [0.1, 0.15) is 47.9 Å². The van der Waals surface area contributed by atoms with Crippen LogP contribution in [0, 0.1) is 27.7 Å². The molecule has 0 N–H and O–H groups in total. The molecule has 2 heteroatoms. The Labute approximate surface area is 152 Å². The van der Waals surface area contributed by atoms with E-state index in [1.807, 2.05) is 0 Å². The molecule has 0 aliphatic rings. The Morgan fingerprint density at radius 2 is 1.38 bits per heavy atom. The molecule has 2 aromatic carbocycles. The average Bonchev–Trinajstić information content (AvgIpc) is 2.55. The quantitative estimate of drug-likeness (QED) is 0.379. The molecule has 0 aliphatic heterocycles. The molecular formula is C22H29ClO. The molecule has 0 aromatic heterocycles. The summed E-state index contributed by atoms with van der Waals surface area (Å²) in [5.41, 5.74) is 7.86. The van der Waals surface area contributed by atoms with Crippen molar-refractivity contribution in [2.24, 2.45) is 0 Å². The molecule has 0 fully saturated rings. The predicted molar refractivity (Wildman–Crippen MR) is 106 cm³/mol. The van der Waals surface area contributed by atoms with Crippen LogP contribution >= 0.6 is 11.6 Å². The zero-order valence-corrected chi connectivity index (χ0v) is 16.2. The number of benzene rings is 2. The molecular weight excluding hydrogens is 316 g/mol. The minimum atomic E-state index is 0.761. The second-order valence-corrected chi connectivity index (χ2v) is 6.98. The van der Waals surface area contributed by atoms with Gasteiger partial charge in [0.15, 0.2) is 0 Å². The number of aryl methyl sites for hydroxylation is 3. The van der Waals surface area contributed by atoms with Crippen molar-refractivity contribution in [3.63, 3.8) is 0 Å². The summed E-state index contributed by atoms with van der Waals surface area (Å²) in [6.07, 6.45) is 4.56. The van der Waals surface area contributed by atoms with Gasteiger partial charge in [-0.3, -0.25) is 0 Å². The highest BCUT2D eigenvalue weighted by molar-refractivity contribution is 6.17. The molecule has 0 amide bonds. The first kappa shape index (κ1) is 18.9. The number of hydrogen-bond donors (Lipinski definition) is 0. The molecule has 0 saturated heterocycles. The average molecular weight is 345 g/mol. The molecule has 2 aromatic rings. The molecule has 0 saturated carbocycles. The summed E-state index contributed by atoms with van der Waals surface area (Å²) in [5.74, 6) is 1.77. The van der Waals surface area contributed by atoms with E-state index in [2.05, 4.69) is 58.0 Å². The summed E-state index contributed by atoms with van der Waals surface area (Å²) in [6, 6.07) is 10.8. The maximum Gasteiger partial charge on any atom is 0.122 e. The number of halogens is 1.